The van der Waals surface area contributed by atoms with Crippen LogP contribution in [0.2, 0.25) is 0 Å². The Kier molecular flexibility index (Phi) is 5.24. The molecule has 0 amide bonds. The van der Waals surface area contributed by atoms with Gasteiger partial charge in [-0.05, 0) is 36.0 Å². The lowest BCUT2D eigenvalue weighted by atomic mass is 9.81. The summed E-state index contributed by atoms with van der Waals surface area (Å²) >= 11 is 0. The number of aromatic hydroxyl groups is 1. The first-order chi connectivity index (χ1) is 8.77. The van der Waals surface area contributed by atoms with E-state index in [-0.39, 0.29) is 17.2 Å². The van der Waals surface area contributed by atoms with Crippen molar-refractivity contribution >= 4 is 0 Å². The maximum atomic E-state index is 9.60. The van der Waals surface area contributed by atoms with Crippen LogP contribution < -0.4 is 10.1 Å². The van der Waals surface area contributed by atoms with E-state index >= 15 is 0 Å². The van der Waals surface area contributed by atoms with Crippen LogP contribution in [0.15, 0.2) is 18.2 Å². The van der Waals surface area contributed by atoms with Crippen LogP contribution in [0.3, 0.4) is 0 Å². The smallest absolute Gasteiger partial charge is 0.160 e. The molecule has 1 atom stereocenters. The maximum Gasteiger partial charge on any atom is 0.160 e. The summed E-state index contributed by atoms with van der Waals surface area (Å²) in [5.41, 5.74) is 1.38. The fourth-order valence-corrected chi connectivity index (χ4v) is 1.70. The summed E-state index contributed by atoms with van der Waals surface area (Å²) in [5.74, 6) is 1.33. The monoisotopic (exact) mass is 265 g/mol. The van der Waals surface area contributed by atoms with Crippen LogP contribution in [0.5, 0.6) is 11.5 Å². The lowest BCUT2D eigenvalue weighted by molar-refractivity contribution is 0.230. The quantitative estimate of drug-likeness (QED) is 0.823. The lowest BCUT2D eigenvalue weighted by Gasteiger charge is -2.31. The summed E-state index contributed by atoms with van der Waals surface area (Å²) in [7, 11) is 1.57. The van der Waals surface area contributed by atoms with Gasteiger partial charge in [0.05, 0.1) is 7.11 Å². The Morgan fingerprint density at radius 2 is 1.89 bits per heavy atom. The zero-order valence-electron chi connectivity index (χ0n) is 12.9. The van der Waals surface area contributed by atoms with Gasteiger partial charge in [0.25, 0.3) is 0 Å². The van der Waals surface area contributed by atoms with Gasteiger partial charge < -0.3 is 15.2 Å². The molecule has 0 aromatic heterocycles. The molecule has 0 aliphatic rings. The van der Waals surface area contributed by atoms with Gasteiger partial charge in [-0.25, -0.2) is 0 Å². The maximum absolute atomic E-state index is 9.60. The molecule has 1 rings (SSSR count). The Morgan fingerprint density at radius 3 is 2.42 bits per heavy atom. The van der Waals surface area contributed by atoms with Gasteiger partial charge in [-0.15, -0.1) is 0 Å². The molecule has 0 aliphatic carbocycles. The van der Waals surface area contributed by atoms with E-state index in [1.807, 2.05) is 12.1 Å². The van der Waals surface area contributed by atoms with Crippen LogP contribution in [0, 0.1) is 11.3 Å². The number of benzene rings is 1. The van der Waals surface area contributed by atoms with Gasteiger partial charge >= 0.3 is 0 Å². The highest BCUT2D eigenvalue weighted by molar-refractivity contribution is 5.42. The fourth-order valence-electron chi connectivity index (χ4n) is 1.70. The third-order valence-electron chi connectivity index (χ3n) is 4.13. The van der Waals surface area contributed by atoms with E-state index in [9.17, 15) is 5.11 Å². The molecule has 0 aliphatic heterocycles. The molecule has 1 aromatic carbocycles. The van der Waals surface area contributed by atoms with E-state index in [4.69, 9.17) is 4.74 Å². The number of phenols is 1. The van der Waals surface area contributed by atoms with E-state index in [0.29, 0.717) is 11.7 Å². The molecule has 0 saturated carbocycles. The van der Waals surface area contributed by atoms with Gasteiger partial charge in [-0.1, -0.05) is 33.8 Å². The molecular weight excluding hydrogens is 238 g/mol. The molecule has 0 saturated heterocycles. The summed E-state index contributed by atoms with van der Waals surface area (Å²) in [4.78, 5) is 0. The molecule has 2 N–H and O–H groups in total. The van der Waals surface area contributed by atoms with Gasteiger partial charge in [-0.3, -0.25) is 0 Å². The Balaban J connectivity index is 2.71. The Morgan fingerprint density at radius 1 is 1.26 bits per heavy atom. The van der Waals surface area contributed by atoms with E-state index in [0.717, 1.165) is 12.1 Å². The highest BCUT2D eigenvalue weighted by Gasteiger charge is 2.23. The van der Waals surface area contributed by atoms with Crippen molar-refractivity contribution < 1.29 is 9.84 Å². The molecule has 1 unspecified atom stereocenters. The molecule has 1 aromatic rings. The largest absolute Gasteiger partial charge is 0.504 e. The molecule has 0 bridgehead atoms. The summed E-state index contributed by atoms with van der Waals surface area (Å²) in [6, 6.07) is 5.72. The summed E-state index contributed by atoms with van der Waals surface area (Å²) in [5, 5.41) is 13.2. The van der Waals surface area contributed by atoms with Crippen LogP contribution in [-0.2, 0) is 0 Å². The average molecular weight is 265 g/mol. The van der Waals surface area contributed by atoms with Crippen molar-refractivity contribution in [3.05, 3.63) is 23.8 Å². The minimum Gasteiger partial charge on any atom is -0.504 e. The van der Waals surface area contributed by atoms with Crippen LogP contribution in [-0.4, -0.2) is 18.8 Å². The summed E-state index contributed by atoms with van der Waals surface area (Å²) in [6.07, 6.45) is 0. The van der Waals surface area contributed by atoms with E-state index in [1.165, 1.54) is 0 Å². The van der Waals surface area contributed by atoms with Crippen molar-refractivity contribution in [1.82, 2.24) is 5.32 Å². The van der Waals surface area contributed by atoms with E-state index in [2.05, 4.69) is 39.9 Å². The standard InChI is InChI=1S/C16H27NO2/c1-11(2)16(4,5)10-17-12(3)13-7-8-14(18)15(9-13)19-6/h7-9,11-12,17-18H,10H2,1-6H3. The molecular formula is C16H27NO2. The summed E-state index contributed by atoms with van der Waals surface area (Å²) in [6.45, 7) is 12.1. The topological polar surface area (TPSA) is 41.5 Å². The van der Waals surface area contributed by atoms with Gasteiger partial charge in [0.2, 0.25) is 0 Å². The van der Waals surface area contributed by atoms with Crippen LogP contribution in [0.1, 0.15) is 46.2 Å². The molecule has 3 heteroatoms. The molecule has 0 fully saturated rings. The predicted molar refractivity (Wildman–Crippen MR) is 79.7 cm³/mol. The average Bonchev–Trinajstić information content (AvgIpc) is 2.36. The SMILES string of the molecule is COc1cc(C(C)NCC(C)(C)C(C)C)ccc1O. The molecule has 19 heavy (non-hydrogen) atoms. The first kappa shape index (κ1) is 15.8. The Hall–Kier alpha value is -1.22. The van der Waals surface area contributed by atoms with E-state index < -0.39 is 0 Å². The van der Waals surface area contributed by atoms with Crippen LogP contribution in [0.4, 0.5) is 0 Å². The second-order valence-corrected chi connectivity index (χ2v) is 6.18. The van der Waals surface area contributed by atoms with E-state index in [1.54, 1.807) is 13.2 Å². The molecule has 108 valence electrons. The number of hydrogen-bond acceptors (Lipinski definition) is 3. The number of methoxy groups -OCH3 is 1. The van der Waals surface area contributed by atoms with Crippen LogP contribution >= 0.6 is 0 Å². The second kappa shape index (κ2) is 6.29. The van der Waals surface area contributed by atoms with Crippen molar-refractivity contribution in [3.63, 3.8) is 0 Å². The lowest BCUT2D eigenvalue weighted by Crippen LogP contribution is -2.34. The number of rotatable bonds is 6. The Labute approximate surface area is 117 Å². The second-order valence-electron chi connectivity index (χ2n) is 6.18. The highest BCUT2D eigenvalue weighted by atomic mass is 16.5. The number of nitrogens with one attached hydrogen (secondary N) is 1. The normalized spacial score (nSPS) is 13.6. The minimum atomic E-state index is 0.181. The van der Waals surface area contributed by atoms with Crippen LogP contribution in [0.25, 0.3) is 0 Å². The minimum absolute atomic E-state index is 0.181. The third-order valence-corrected chi connectivity index (χ3v) is 4.13. The zero-order chi connectivity index (χ0) is 14.6. The van der Waals surface area contributed by atoms with Gasteiger partial charge in [0.15, 0.2) is 11.5 Å². The first-order valence-corrected chi connectivity index (χ1v) is 6.88. The summed E-state index contributed by atoms with van der Waals surface area (Å²) < 4.78 is 5.14. The number of phenolic OH excluding ortho intramolecular Hbond substituents is 1. The third kappa shape index (κ3) is 4.13. The van der Waals surface area contributed by atoms with Crippen molar-refractivity contribution in [2.24, 2.45) is 11.3 Å². The van der Waals surface area contributed by atoms with Gasteiger partial charge in [0, 0.05) is 12.6 Å². The molecule has 0 heterocycles. The highest BCUT2D eigenvalue weighted by Crippen LogP contribution is 2.30. The number of hydrogen-bond donors (Lipinski definition) is 2. The van der Waals surface area contributed by atoms with Crippen molar-refractivity contribution in [2.45, 2.75) is 40.7 Å². The van der Waals surface area contributed by atoms with Gasteiger partial charge in [-0.2, -0.15) is 0 Å². The first-order valence-electron chi connectivity index (χ1n) is 6.88. The zero-order valence-corrected chi connectivity index (χ0v) is 12.9. The van der Waals surface area contributed by atoms with Crippen molar-refractivity contribution in [2.75, 3.05) is 13.7 Å². The predicted octanol–water partition coefficient (Wildman–Crippen LogP) is 3.73. The molecule has 3 nitrogen and oxygen atoms in total. The van der Waals surface area contributed by atoms with Crippen molar-refractivity contribution in [3.8, 4) is 11.5 Å². The van der Waals surface area contributed by atoms with Crippen molar-refractivity contribution in [1.29, 1.82) is 0 Å². The number of ether oxygens (including phenoxy) is 1. The Bertz CT molecular complexity index is 413. The van der Waals surface area contributed by atoms with Gasteiger partial charge in [0.1, 0.15) is 0 Å². The fraction of sp³-hybridized carbons (Fsp3) is 0.625. The molecule has 0 spiro atoms. The molecule has 0 radical (unpaired) electrons.